The maximum atomic E-state index is 11.2. The highest BCUT2D eigenvalue weighted by atomic mass is 35.7. The number of hydrogen-bond acceptors (Lipinski definition) is 8. The van der Waals surface area contributed by atoms with Gasteiger partial charge in [0.05, 0.1) is 23.7 Å². The monoisotopic (exact) mass is 338 g/mol. The second kappa shape index (κ2) is 6.37. The molecule has 0 saturated carbocycles. The molecule has 0 aliphatic heterocycles. The number of rotatable bonds is 5. The molecule has 12 heteroatoms. The number of hydrogen-bond donors (Lipinski definition) is 1. The first kappa shape index (κ1) is 16.7. The van der Waals surface area contributed by atoms with E-state index >= 15 is 0 Å². The van der Waals surface area contributed by atoms with Crippen molar-refractivity contribution in [2.24, 2.45) is 0 Å². The Kier molecular flexibility index (Phi) is 5.05. The number of nitro groups is 1. The molecule has 1 amide bonds. The molecule has 0 spiro atoms. The summed E-state index contributed by atoms with van der Waals surface area (Å²) in [6.07, 6.45) is -1.29. The van der Waals surface area contributed by atoms with Crippen LogP contribution < -0.4 is 14.2 Å². The third-order valence-corrected chi connectivity index (χ3v) is 2.69. The molecule has 0 unspecified atom stereocenters. The number of carbonyl (C=O) groups is 2. The summed E-state index contributed by atoms with van der Waals surface area (Å²) in [7, 11) is 1.54. The first-order chi connectivity index (χ1) is 9.67. The minimum absolute atomic E-state index is 0.190. The van der Waals surface area contributed by atoms with E-state index in [1.54, 1.807) is 0 Å². The van der Waals surface area contributed by atoms with Gasteiger partial charge in [-0.25, -0.2) is 9.52 Å². The van der Waals surface area contributed by atoms with E-state index in [0.29, 0.717) is 0 Å². The van der Waals surface area contributed by atoms with Crippen molar-refractivity contribution >= 4 is 38.0 Å². The van der Waals surface area contributed by atoms with Gasteiger partial charge in [0.15, 0.2) is 17.8 Å². The summed E-state index contributed by atoms with van der Waals surface area (Å²) in [5, 5.41) is 10.8. The van der Waals surface area contributed by atoms with Crippen LogP contribution in [0.2, 0.25) is 0 Å². The summed E-state index contributed by atoms with van der Waals surface area (Å²) in [5.74, 6) is -0.655. The zero-order valence-corrected chi connectivity index (χ0v) is 11.8. The Labute approximate surface area is 122 Å². The molecular formula is C9H7ClN2O8S. The number of benzene rings is 1. The van der Waals surface area contributed by atoms with Crippen molar-refractivity contribution in [3.63, 3.8) is 0 Å². The van der Waals surface area contributed by atoms with Crippen LogP contribution in [0.3, 0.4) is 0 Å². The maximum absolute atomic E-state index is 11.2. The van der Waals surface area contributed by atoms with Gasteiger partial charge in [-0.3, -0.25) is 14.9 Å². The molecule has 1 N–H and O–H groups in total. The van der Waals surface area contributed by atoms with E-state index in [1.165, 1.54) is 4.72 Å². The quantitative estimate of drug-likeness (QED) is 0.362. The highest BCUT2D eigenvalue weighted by Gasteiger charge is 2.22. The van der Waals surface area contributed by atoms with Crippen LogP contribution in [0.4, 0.5) is 10.5 Å². The number of methoxy groups -OCH3 is 1. The molecule has 1 aromatic rings. The van der Waals surface area contributed by atoms with Gasteiger partial charge in [-0.05, 0) is 0 Å². The predicted octanol–water partition coefficient (Wildman–Crippen LogP) is 0.988. The highest BCUT2D eigenvalue weighted by Crippen LogP contribution is 2.34. The van der Waals surface area contributed by atoms with E-state index < -0.39 is 31.7 Å². The molecule has 1 rings (SSSR count). The van der Waals surface area contributed by atoms with E-state index in [2.05, 4.69) is 4.74 Å². The van der Waals surface area contributed by atoms with Gasteiger partial charge in [0.2, 0.25) is 0 Å². The highest BCUT2D eigenvalue weighted by molar-refractivity contribution is 8.12. The summed E-state index contributed by atoms with van der Waals surface area (Å²) in [5.41, 5.74) is -0.961. The van der Waals surface area contributed by atoms with Crippen LogP contribution in [0.25, 0.3) is 0 Å². The Morgan fingerprint density at radius 1 is 1.43 bits per heavy atom. The fraction of sp³-hybridized carbons (Fsp3) is 0.111. The van der Waals surface area contributed by atoms with Gasteiger partial charge in [0.25, 0.3) is 5.69 Å². The molecule has 0 saturated heterocycles. The van der Waals surface area contributed by atoms with Gasteiger partial charge in [0, 0.05) is 16.7 Å². The Bertz CT molecular complexity index is 702. The molecule has 114 valence electrons. The number of aldehydes is 1. The molecule has 10 nitrogen and oxygen atoms in total. The summed E-state index contributed by atoms with van der Waals surface area (Å²) in [4.78, 5) is 31.9. The fourth-order valence-corrected chi connectivity index (χ4v) is 1.71. The first-order valence-corrected chi connectivity index (χ1v) is 7.24. The van der Waals surface area contributed by atoms with Crippen molar-refractivity contribution in [1.29, 1.82) is 0 Å². The molecule has 0 bridgehead atoms. The largest absolute Gasteiger partial charge is 0.493 e. The van der Waals surface area contributed by atoms with E-state index in [9.17, 15) is 28.1 Å². The average Bonchev–Trinajstić information content (AvgIpc) is 2.35. The van der Waals surface area contributed by atoms with Gasteiger partial charge in [-0.1, -0.05) is 0 Å². The van der Waals surface area contributed by atoms with Gasteiger partial charge >= 0.3 is 15.3 Å². The molecule has 0 heterocycles. The van der Waals surface area contributed by atoms with Crippen molar-refractivity contribution in [2.75, 3.05) is 7.11 Å². The molecule has 1 aromatic carbocycles. The average molecular weight is 339 g/mol. The number of nitrogens with zero attached hydrogens (tertiary/aromatic N) is 1. The zero-order valence-electron chi connectivity index (χ0n) is 10.2. The standard InChI is InChI=1S/C9H7ClN2O8S/c1-19-7-2-5(4-13)6(12(15)16)3-8(7)20-9(14)11-21(10,17)18/h2-4H,1H3,(H,11,14). The fourth-order valence-electron chi connectivity index (χ4n) is 1.28. The zero-order chi connectivity index (χ0) is 16.2. The van der Waals surface area contributed by atoms with Crippen LogP contribution in [0.15, 0.2) is 12.1 Å². The van der Waals surface area contributed by atoms with Crippen LogP contribution in [0, 0.1) is 10.1 Å². The second-order valence-electron chi connectivity index (χ2n) is 3.37. The Balaban J connectivity index is 3.22. The van der Waals surface area contributed by atoms with Crippen molar-refractivity contribution in [1.82, 2.24) is 4.72 Å². The van der Waals surface area contributed by atoms with E-state index in [-0.39, 0.29) is 17.6 Å². The number of carbonyl (C=O) groups excluding carboxylic acids is 2. The van der Waals surface area contributed by atoms with E-state index in [1.807, 2.05) is 0 Å². The summed E-state index contributed by atoms with van der Waals surface area (Å²) < 4.78 is 31.9. The van der Waals surface area contributed by atoms with Crippen molar-refractivity contribution in [3.05, 3.63) is 27.8 Å². The lowest BCUT2D eigenvalue weighted by molar-refractivity contribution is -0.385. The van der Waals surface area contributed by atoms with Crippen LogP contribution >= 0.6 is 10.7 Å². The molecule has 21 heavy (non-hydrogen) atoms. The van der Waals surface area contributed by atoms with Gasteiger partial charge in [0.1, 0.15) is 0 Å². The van der Waals surface area contributed by atoms with Gasteiger partial charge in [-0.15, -0.1) is 0 Å². The lowest BCUT2D eigenvalue weighted by Crippen LogP contribution is -2.29. The third-order valence-electron chi connectivity index (χ3n) is 2.04. The first-order valence-electron chi connectivity index (χ1n) is 4.93. The number of nitrogens with one attached hydrogen (secondary N) is 1. The lowest BCUT2D eigenvalue weighted by atomic mass is 10.1. The number of nitro benzene ring substituents is 1. The van der Waals surface area contributed by atoms with Crippen LogP contribution in [-0.4, -0.2) is 32.8 Å². The molecule has 0 atom stereocenters. The summed E-state index contributed by atoms with van der Waals surface area (Å²) >= 11 is 0. The SMILES string of the molecule is COc1cc(C=O)c([N+](=O)[O-])cc1OC(=O)NS(=O)(=O)Cl. The Morgan fingerprint density at radius 3 is 2.48 bits per heavy atom. The molecule has 0 aliphatic rings. The van der Waals surface area contributed by atoms with E-state index in [0.717, 1.165) is 19.2 Å². The number of amides is 1. The van der Waals surface area contributed by atoms with Crippen LogP contribution in [0.5, 0.6) is 11.5 Å². The smallest absolute Gasteiger partial charge is 0.427 e. The van der Waals surface area contributed by atoms with Gasteiger partial charge in [-0.2, -0.15) is 8.42 Å². The minimum Gasteiger partial charge on any atom is -0.493 e. The molecule has 0 radical (unpaired) electrons. The van der Waals surface area contributed by atoms with Crippen molar-refractivity contribution in [2.45, 2.75) is 0 Å². The second-order valence-corrected chi connectivity index (χ2v) is 5.66. The summed E-state index contributed by atoms with van der Waals surface area (Å²) in [6, 6.07) is 1.70. The Hall–Kier alpha value is -2.40. The normalized spacial score (nSPS) is 10.6. The lowest BCUT2D eigenvalue weighted by Gasteiger charge is -2.09. The Morgan fingerprint density at radius 2 is 2.05 bits per heavy atom. The topological polar surface area (TPSA) is 142 Å². The van der Waals surface area contributed by atoms with E-state index in [4.69, 9.17) is 15.4 Å². The maximum Gasteiger partial charge on any atom is 0.427 e. The van der Waals surface area contributed by atoms with Crippen LogP contribution in [0.1, 0.15) is 10.4 Å². The molecule has 0 aromatic heterocycles. The minimum atomic E-state index is -4.39. The molecule has 0 aliphatic carbocycles. The van der Waals surface area contributed by atoms with Crippen LogP contribution in [-0.2, 0) is 9.24 Å². The number of halogens is 1. The predicted molar refractivity (Wildman–Crippen MR) is 69.0 cm³/mol. The van der Waals surface area contributed by atoms with Gasteiger partial charge < -0.3 is 9.47 Å². The third kappa shape index (κ3) is 4.57. The molecule has 0 fully saturated rings. The number of ether oxygens (including phenoxy) is 2. The van der Waals surface area contributed by atoms with Crippen molar-refractivity contribution < 1.29 is 32.4 Å². The summed E-state index contributed by atoms with van der Waals surface area (Å²) in [6.45, 7) is 0. The molecular weight excluding hydrogens is 332 g/mol. The van der Waals surface area contributed by atoms with Crippen molar-refractivity contribution in [3.8, 4) is 11.5 Å².